The third kappa shape index (κ3) is 4.25. The van der Waals surface area contributed by atoms with Crippen molar-refractivity contribution in [1.29, 1.82) is 0 Å². The Kier molecular flexibility index (Phi) is 4.55. The summed E-state index contributed by atoms with van der Waals surface area (Å²) in [5, 5.41) is 11.8. The van der Waals surface area contributed by atoms with Crippen LogP contribution in [0.1, 0.15) is 16.8 Å². The van der Waals surface area contributed by atoms with E-state index in [4.69, 9.17) is 10.8 Å². The van der Waals surface area contributed by atoms with E-state index in [1.807, 2.05) is 0 Å². The van der Waals surface area contributed by atoms with Gasteiger partial charge in [0.15, 0.2) is 0 Å². The zero-order valence-electron chi connectivity index (χ0n) is 10.0. The lowest BCUT2D eigenvalue weighted by molar-refractivity contribution is 0.0698. The summed E-state index contributed by atoms with van der Waals surface area (Å²) in [7, 11) is -3.00. The Hall–Kier alpha value is -1.76. The minimum atomic E-state index is -3.00. The van der Waals surface area contributed by atoms with Crippen molar-refractivity contribution < 1.29 is 18.3 Å². The molecule has 0 aliphatic rings. The predicted molar refractivity (Wildman–Crippen MR) is 70.6 cm³/mol. The maximum Gasteiger partial charge on any atom is 0.337 e. The molecular formula is C11H16N2O4S. The fourth-order valence-electron chi connectivity index (χ4n) is 1.49. The molecule has 0 aliphatic carbocycles. The molecule has 1 aromatic carbocycles. The lowest BCUT2D eigenvalue weighted by Crippen LogP contribution is -2.13. The molecule has 0 bridgehead atoms. The zero-order valence-corrected chi connectivity index (χ0v) is 10.8. The summed E-state index contributed by atoms with van der Waals surface area (Å²) < 4.78 is 21.9. The number of para-hydroxylation sites is 1. The van der Waals surface area contributed by atoms with Crippen LogP contribution in [0.5, 0.6) is 0 Å². The summed E-state index contributed by atoms with van der Waals surface area (Å²) in [6.07, 6.45) is 1.55. The number of hydrogen-bond acceptors (Lipinski definition) is 5. The SMILES string of the molecule is CS(=O)(=O)CCCNc1c(N)cccc1C(=O)O. The van der Waals surface area contributed by atoms with Gasteiger partial charge in [0.05, 0.1) is 22.7 Å². The highest BCUT2D eigenvalue weighted by molar-refractivity contribution is 7.90. The molecule has 0 aromatic heterocycles. The smallest absolute Gasteiger partial charge is 0.337 e. The number of rotatable bonds is 6. The third-order valence-corrected chi connectivity index (χ3v) is 3.35. The Bertz CT molecular complexity index is 540. The Labute approximate surface area is 106 Å². The van der Waals surface area contributed by atoms with Gasteiger partial charge in [-0.1, -0.05) is 6.07 Å². The number of carbonyl (C=O) groups is 1. The molecule has 6 nitrogen and oxygen atoms in total. The maximum absolute atomic E-state index is 11.0. The molecule has 1 aromatic rings. The fraction of sp³-hybridized carbons (Fsp3) is 0.364. The van der Waals surface area contributed by atoms with Gasteiger partial charge in [0, 0.05) is 12.8 Å². The van der Waals surface area contributed by atoms with Crippen molar-refractivity contribution in [1.82, 2.24) is 0 Å². The topological polar surface area (TPSA) is 109 Å². The number of nitrogens with one attached hydrogen (secondary N) is 1. The molecule has 0 spiro atoms. The van der Waals surface area contributed by atoms with Gasteiger partial charge >= 0.3 is 5.97 Å². The van der Waals surface area contributed by atoms with E-state index >= 15 is 0 Å². The van der Waals surface area contributed by atoms with Crippen molar-refractivity contribution in [3.05, 3.63) is 23.8 Å². The van der Waals surface area contributed by atoms with Gasteiger partial charge in [-0.15, -0.1) is 0 Å². The number of aromatic carboxylic acids is 1. The van der Waals surface area contributed by atoms with Crippen LogP contribution in [0.15, 0.2) is 18.2 Å². The molecule has 4 N–H and O–H groups in total. The number of nitrogens with two attached hydrogens (primary N) is 1. The summed E-state index contributed by atoms with van der Waals surface area (Å²) in [6, 6.07) is 4.59. The number of nitrogen functional groups attached to an aromatic ring is 1. The number of anilines is 2. The molecule has 1 rings (SSSR count). The maximum atomic E-state index is 11.0. The Morgan fingerprint density at radius 3 is 2.67 bits per heavy atom. The van der Waals surface area contributed by atoms with E-state index in [0.717, 1.165) is 6.26 Å². The van der Waals surface area contributed by atoms with E-state index in [0.29, 0.717) is 24.3 Å². The van der Waals surface area contributed by atoms with Crippen LogP contribution in [0.4, 0.5) is 11.4 Å². The molecule has 18 heavy (non-hydrogen) atoms. The van der Waals surface area contributed by atoms with Gasteiger partial charge in [-0.3, -0.25) is 0 Å². The van der Waals surface area contributed by atoms with Crippen molar-refractivity contribution in [3.63, 3.8) is 0 Å². The average Bonchev–Trinajstić information content (AvgIpc) is 2.24. The van der Waals surface area contributed by atoms with Crippen molar-refractivity contribution in [3.8, 4) is 0 Å². The number of sulfone groups is 1. The molecule has 0 saturated carbocycles. The Morgan fingerprint density at radius 1 is 1.44 bits per heavy atom. The van der Waals surface area contributed by atoms with Crippen molar-refractivity contribution in [2.75, 3.05) is 29.6 Å². The van der Waals surface area contributed by atoms with Crippen molar-refractivity contribution >= 4 is 27.2 Å². The molecule has 100 valence electrons. The second kappa shape index (κ2) is 5.72. The highest BCUT2D eigenvalue weighted by atomic mass is 32.2. The second-order valence-corrected chi connectivity index (χ2v) is 6.24. The zero-order chi connectivity index (χ0) is 13.8. The molecule has 0 aliphatic heterocycles. The van der Waals surface area contributed by atoms with Crippen LogP contribution in [-0.4, -0.2) is 38.0 Å². The van der Waals surface area contributed by atoms with E-state index in [9.17, 15) is 13.2 Å². The molecule has 0 fully saturated rings. The number of carboxylic acid groups (broad SMARTS) is 1. The molecule has 0 radical (unpaired) electrons. The molecule has 7 heteroatoms. The Morgan fingerprint density at radius 2 is 2.11 bits per heavy atom. The first-order chi connectivity index (χ1) is 8.31. The largest absolute Gasteiger partial charge is 0.478 e. The summed E-state index contributed by atoms with van der Waals surface area (Å²) in [5.74, 6) is -1.03. The minimum absolute atomic E-state index is 0.0507. The van der Waals surface area contributed by atoms with Gasteiger partial charge in [-0.05, 0) is 18.6 Å². The molecule has 0 unspecified atom stereocenters. The van der Waals surface area contributed by atoms with Crippen LogP contribution in [0.25, 0.3) is 0 Å². The summed E-state index contributed by atoms with van der Waals surface area (Å²) in [4.78, 5) is 11.0. The average molecular weight is 272 g/mol. The lowest BCUT2D eigenvalue weighted by atomic mass is 10.1. The van der Waals surface area contributed by atoms with E-state index in [1.54, 1.807) is 12.1 Å². The molecule has 0 amide bonds. The molecule has 0 heterocycles. The van der Waals surface area contributed by atoms with Crippen molar-refractivity contribution in [2.24, 2.45) is 0 Å². The first-order valence-electron chi connectivity index (χ1n) is 5.34. The number of hydrogen-bond donors (Lipinski definition) is 3. The predicted octanol–water partition coefficient (Wildman–Crippen LogP) is 0.814. The van der Waals surface area contributed by atoms with Crippen LogP contribution in [-0.2, 0) is 9.84 Å². The van der Waals surface area contributed by atoms with E-state index in [2.05, 4.69) is 5.32 Å². The quantitative estimate of drug-likeness (QED) is 0.522. The van der Waals surface area contributed by atoms with Crippen LogP contribution < -0.4 is 11.1 Å². The Balaban J connectivity index is 2.70. The fourth-order valence-corrected chi connectivity index (χ4v) is 2.16. The summed E-state index contributed by atoms with van der Waals surface area (Å²) in [5.41, 5.74) is 6.42. The first-order valence-corrected chi connectivity index (χ1v) is 7.40. The highest BCUT2D eigenvalue weighted by Gasteiger charge is 2.12. The van der Waals surface area contributed by atoms with E-state index in [1.165, 1.54) is 6.07 Å². The van der Waals surface area contributed by atoms with Gasteiger partial charge in [0.1, 0.15) is 9.84 Å². The molecule has 0 atom stereocenters. The van der Waals surface area contributed by atoms with Crippen molar-refractivity contribution in [2.45, 2.75) is 6.42 Å². The van der Waals surface area contributed by atoms with E-state index in [-0.39, 0.29) is 11.3 Å². The van der Waals surface area contributed by atoms with Crippen LogP contribution in [0.2, 0.25) is 0 Å². The number of benzene rings is 1. The van der Waals surface area contributed by atoms with Crippen LogP contribution in [0.3, 0.4) is 0 Å². The van der Waals surface area contributed by atoms with Gasteiger partial charge < -0.3 is 16.2 Å². The highest BCUT2D eigenvalue weighted by Crippen LogP contribution is 2.23. The summed E-state index contributed by atoms with van der Waals surface area (Å²) in [6.45, 7) is 0.349. The molecular weight excluding hydrogens is 256 g/mol. The minimum Gasteiger partial charge on any atom is -0.478 e. The third-order valence-electron chi connectivity index (χ3n) is 2.32. The number of carboxylic acids is 1. The van der Waals surface area contributed by atoms with Crippen LogP contribution in [0, 0.1) is 0 Å². The first kappa shape index (κ1) is 14.3. The normalized spacial score (nSPS) is 11.2. The second-order valence-electron chi connectivity index (χ2n) is 3.99. The lowest BCUT2D eigenvalue weighted by Gasteiger charge is -2.11. The molecule has 0 saturated heterocycles. The monoisotopic (exact) mass is 272 g/mol. The van der Waals surface area contributed by atoms with Crippen LogP contribution >= 0.6 is 0 Å². The van der Waals surface area contributed by atoms with E-state index < -0.39 is 15.8 Å². The standard InChI is InChI=1S/C11H16N2O4S/c1-18(16,17)7-3-6-13-10-8(11(14)15)4-2-5-9(10)12/h2,4-5,13H,3,6-7,12H2,1H3,(H,14,15). The van der Waals surface area contributed by atoms with Gasteiger partial charge in [0.25, 0.3) is 0 Å². The van der Waals surface area contributed by atoms with Gasteiger partial charge in [0.2, 0.25) is 0 Å². The summed E-state index contributed by atoms with van der Waals surface area (Å²) >= 11 is 0. The van der Waals surface area contributed by atoms with Gasteiger partial charge in [-0.25, -0.2) is 13.2 Å². The van der Waals surface area contributed by atoms with Gasteiger partial charge in [-0.2, -0.15) is 0 Å².